The fraction of sp³-hybridized carbons (Fsp3) is 0.188. The van der Waals surface area contributed by atoms with E-state index in [1.54, 1.807) is 18.2 Å². The zero-order valence-electron chi connectivity index (χ0n) is 11.2. The van der Waals surface area contributed by atoms with Gasteiger partial charge in [0.2, 0.25) is 0 Å². The maximum atomic E-state index is 12.6. The SMILES string of the molecule is COc1cc(Cl)ccc1C(=O)c1cc(C)ccc1C. The third kappa shape index (κ3) is 2.79. The van der Waals surface area contributed by atoms with Gasteiger partial charge in [0.1, 0.15) is 5.75 Å². The van der Waals surface area contributed by atoms with Crippen LogP contribution >= 0.6 is 11.6 Å². The van der Waals surface area contributed by atoms with E-state index in [4.69, 9.17) is 16.3 Å². The van der Waals surface area contributed by atoms with Gasteiger partial charge >= 0.3 is 0 Å². The fourth-order valence-corrected chi connectivity index (χ4v) is 2.14. The van der Waals surface area contributed by atoms with Gasteiger partial charge in [-0.3, -0.25) is 4.79 Å². The Balaban J connectivity index is 2.53. The molecule has 2 rings (SSSR count). The Labute approximate surface area is 118 Å². The number of ether oxygens (including phenoxy) is 1. The first kappa shape index (κ1) is 13.6. The molecule has 2 nitrogen and oxygen atoms in total. The zero-order chi connectivity index (χ0) is 14.0. The summed E-state index contributed by atoms with van der Waals surface area (Å²) in [6.07, 6.45) is 0. The van der Waals surface area contributed by atoms with Gasteiger partial charge in [0.15, 0.2) is 5.78 Å². The summed E-state index contributed by atoms with van der Waals surface area (Å²) < 4.78 is 5.23. The van der Waals surface area contributed by atoms with E-state index in [2.05, 4.69) is 0 Å². The van der Waals surface area contributed by atoms with Crippen LogP contribution < -0.4 is 4.74 Å². The molecular weight excluding hydrogens is 260 g/mol. The van der Waals surface area contributed by atoms with E-state index in [1.165, 1.54) is 7.11 Å². The minimum Gasteiger partial charge on any atom is -0.496 e. The highest BCUT2D eigenvalue weighted by atomic mass is 35.5. The maximum Gasteiger partial charge on any atom is 0.197 e. The molecule has 0 heterocycles. The molecule has 0 spiro atoms. The van der Waals surface area contributed by atoms with Crippen molar-refractivity contribution >= 4 is 17.4 Å². The molecule has 0 aliphatic carbocycles. The molecule has 98 valence electrons. The number of benzene rings is 2. The molecule has 0 N–H and O–H groups in total. The van der Waals surface area contributed by atoms with Gasteiger partial charge in [-0.1, -0.05) is 29.3 Å². The van der Waals surface area contributed by atoms with Gasteiger partial charge in [0.05, 0.1) is 12.7 Å². The molecule has 0 saturated heterocycles. The molecule has 0 fully saturated rings. The van der Waals surface area contributed by atoms with Crippen molar-refractivity contribution in [2.45, 2.75) is 13.8 Å². The second-order valence-electron chi connectivity index (χ2n) is 4.49. The predicted molar refractivity (Wildman–Crippen MR) is 77.4 cm³/mol. The molecule has 0 saturated carbocycles. The molecule has 0 aromatic heterocycles. The molecule has 3 heteroatoms. The van der Waals surface area contributed by atoms with Crippen molar-refractivity contribution in [3.8, 4) is 5.75 Å². The van der Waals surface area contributed by atoms with E-state index < -0.39 is 0 Å². The van der Waals surface area contributed by atoms with Crippen molar-refractivity contribution in [3.05, 3.63) is 63.7 Å². The highest BCUT2D eigenvalue weighted by Crippen LogP contribution is 2.26. The van der Waals surface area contributed by atoms with Crippen molar-refractivity contribution in [2.75, 3.05) is 7.11 Å². The number of halogens is 1. The van der Waals surface area contributed by atoms with Crippen LogP contribution in [0.4, 0.5) is 0 Å². The Morgan fingerprint density at radius 2 is 1.79 bits per heavy atom. The lowest BCUT2D eigenvalue weighted by molar-refractivity contribution is 0.103. The van der Waals surface area contributed by atoms with Crippen LogP contribution in [-0.4, -0.2) is 12.9 Å². The number of carbonyl (C=O) groups is 1. The van der Waals surface area contributed by atoms with Crippen LogP contribution in [0.15, 0.2) is 36.4 Å². The molecule has 0 unspecified atom stereocenters. The fourth-order valence-electron chi connectivity index (χ4n) is 1.98. The summed E-state index contributed by atoms with van der Waals surface area (Å²) in [5.74, 6) is 0.452. The monoisotopic (exact) mass is 274 g/mol. The molecule has 0 bridgehead atoms. The lowest BCUT2D eigenvalue weighted by Gasteiger charge is -2.10. The van der Waals surface area contributed by atoms with Crippen LogP contribution in [0.5, 0.6) is 5.75 Å². The summed E-state index contributed by atoms with van der Waals surface area (Å²) in [7, 11) is 1.53. The first-order valence-electron chi connectivity index (χ1n) is 5.98. The number of hydrogen-bond donors (Lipinski definition) is 0. The number of hydrogen-bond acceptors (Lipinski definition) is 2. The molecule has 0 atom stereocenters. The van der Waals surface area contributed by atoms with Crippen molar-refractivity contribution in [1.82, 2.24) is 0 Å². The molecule has 2 aromatic rings. The van der Waals surface area contributed by atoms with Crippen LogP contribution in [0.2, 0.25) is 5.02 Å². The average molecular weight is 275 g/mol. The van der Waals surface area contributed by atoms with Crippen molar-refractivity contribution in [1.29, 1.82) is 0 Å². The summed E-state index contributed by atoms with van der Waals surface area (Å²) >= 11 is 5.91. The lowest BCUT2D eigenvalue weighted by atomic mass is 9.97. The molecule has 0 radical (unpaired) electrons. The van der Waals surface area contributed by atoms with E-state index in [0.29, 0.717) is 21.9 Å². The summed E-state index contributed by atoms with van der Waals surface area (Å²) in [5.41, 5.74) is 3.23. The van der Waals surface area contributed by atoms with E-state index in [9.17, 15) is 4.79 Å². The summed E-state index contributed by atoms with van der Waals surface area (Å²) in [6.45, 7) is 3.89. The van der Waals surface area contributed by atoms with Crippen molar-refractivity contribution < 1.29 is 9.53 Å². The largest absolute Gasteiger partial charge is 0.496 e. The molecule has 0 amide bonds. The lowest BCUT2D eigenvalue weighted by Crippen LogP contribution is -2.06. The van der Waals surface area contributed by atoms with Gasteiger partial charge in [0, 0.05) is 10.6 Å². The van der Waals surface area contributed by atoms with E-state index >= 15 is 0 Å². The molecule has 19 heavy (non-hydrogen) atoms. The van der Waals surface area contributed by atoms with Crippen molar-refractivity contribution in [3.63, 3.8) is 0 Å². The second-order valence-corrected chi connectivity index (χ2v) is 4.93. The molecular formula is C16H15ClO2. The van der Waals surface area contributed by atoms with Crippen LogP contribution in [0, 0.1) is 13.8 Å². The van der Waals surface area contributed by atoms with Crippen LogP contribution in [0.1, 0.15) is 27.0 Å². The molecule has 0 aliphatic heterocycles. The quantitative estimate of drug-likeness (QED) is 0.784. The first-order chi connectivity index (χ1) is 9.02. The Bertz CT molecular complexity index is 633. The summed E-state index contributed by atoms with van der Waals surface area (Å²) in [4.78, 5) is 12.6. The van der Waals surface area contributed by atoms with Gasteiger partial charge < -0.3 is 4.74 Å². The highest BCUT2D eigenvalue weighted by molar-refractivity contribution is 6.31. The van der Waals surface area contributed by atoms with Crippen LogP contribution in [0.25, 0.3) is 0 Å². The number of carbonyl (C=O) groups excluding carboxylic acids is 1. The number of ketones is 1. The normalized spacial score (nSPS) is 10.3. The van der Waals surface area contributed by atoms with Crippen molar-refractivity contribution in [2.24, 2.45) is 0 Å². The molecule has 2 aromatic carbocycles. The van der Waals surface area contributed by atoms with Gasteiger partial charge in [0.25, 0.3) is 0 Å². The minimum absolute atomic E-state index is 0.0466. The van der Waals surface area contributed by atoms with E-state index in [0.717, 1.165) is 11.1 Å². The van der Waals surface area contributed by atoms with Crippen LogP contribution in [-0.2, 0) is 0 Å². The Morgan fingerprint density at radius 1 is 1.05 bits per heavy atom. The van der Waals surface area contributed by atoms with Gasteiger partial charge in [-0.15, -0.1) is 0 Å². The van der Waals surface area contributed by atoms with Gasteiger partial charge in [-0.25, -0.2) is 0 Å². The summed E-state index contributed by atoms with van der Waals surface area (Å²) in [6, 6.07) is 10.9. The van der Waals surface area contributed by atoms with Gasteiger partial charge in [-0.2, -0.15) is 0 Å². The predicted octanol–water partition coefficient (Wildman–Crippen LogP) is 4.20. The first-order valence-corrected chi connectivity index (χ1v) is 6.36. The highest BCUT2D eigenvalue weighted by Gasteiger charge is 2.16. The van der Waals surface area contributed by atoms with E-state index in [1.807, 2.05) is 32.0 Å². The Hall–Kier alpha value is -1.80. The topological polar surface area (TPSA) is 26.3 Å². The Kier molecular flexibility index (Phi) is 3.91. The maximum absolute atomic E-state index is 12.6. The minimum atomic E-state index is -0.0466. The standard InChI is InChI=1S/C16H15ClO2/c1-10-4-5-11(2)14(8-10)16(18)13-7-6-12(17)9-15(13)19-3/h4-9H,1-3H3. The number of aryl methyl sites for hydroxylation is 2. The van der Waals surface area contributed by atoms with Gasteiger partial charge in [-0.05, 0) is 43.7 Å². The third-order valence-corrected chi connectivity index (χ3v) is 3.28. The zero-order valence-corrected chi connectivity index (χ0v) is 11.9. The second kappa shape index (κ2) is 5.45. The Morgan fingerprint density at radius 3 is 2.47 bits per heavy atom. The number of rotatable bonds is 3. The average Bonchev–Trinajstić information content (AvgIpc) is 2.40. The summed E-state index contributed by atoms with van der Waals surface area (Å²) in [5, 5.41) is 0.550. The smallest absolute Gasteiger partial charge is 0.197 e. The molecule has 0 aliphatic rings. The number of methoxy groups -OCH3 is 1. The van der Waals surface area contributed by atoms with E-state index in [-0.39, 0.29) is 5.78 Å². The van der Waals surface area contributed by atoms with Crippen LogP contribution in [0.3, 0.4) is 0 Å². The third-order valence-electron chi connectivity index (χ3n) is 3.05.